The van der Waals surface area contributed by atoms with Gasteiger partial charge in [-0.05, 0) is 55.5 Å². The highest BCUT2D eigenvalue weighted by molar-refractivity contribution is 6.33. The van der Waals surface area contributed by atoms with Crippen molar-refractivity contribution in [3.05, 3.63) is 95.0 Å². The highest BCUT2D eigenvalue weighted by Crippen LogP contribution is 2.28. The van der Waals surface area contributed by atoms with Crippen LogP contribution >= 0.6 is 11.6 Å². The summed E-state index contributed by atoms with van der Waals surface area (Å²) in [6, 6.07) is 19.8. The first-order valence-corrected chi connectivity index (χ1v) is 11.3. The van der Waals surface area contributed by atoms with Gasteiger partial charge in [0.15, 0.2) is 0 Å². The minimum Gasteiger partial charge on any atom is -0.494 e. The van der Waals surface area contributed by atoms with E-state index in [9.17, 15) is 19.2 Å². The molecule has 3 aromatic rings. The van der Waals surface area contributed by atoms with Gasteiger partial charge < -0.3 is 4.74 Å². The molecule has 0 saturated carbocycles. The topological polar surface area (TPSA) is 96.0 Å². The average Bonchev–Trinajstić information content (AvgIpc) is 3.17. The van der Waals surface area contributed by atoms with Gasteiger partial charge in [0.05, 0.1) is 29.3 Å². The maximum absolute atomic E-state index is 13.4. The average molecular weight is 492 g/mol. The first-order valence-electron chi connectivity index (χ1n) is 10.9. The van der Waals surface area contributed by atoms with Crippen LogP contribution in [0.5, 0.6) is 5.75 Å². The molecule has 1 unspecified atom stereocenters. The van der Waals surface area contributed by atoms with Gasteiger partial charge in [-0.15, -0.1) is 0 Å². The van der Waals surface area contributed by atoms with E-state index in [4.69, 9.17) is 16.3 Å². The summed E-state index contributed by atoms with van der Waals surface area (Å²) in [7, 11) is 0. The fraction of sp³-hybridized carbons (Fsp3) is 0.154. The van der Waals surface area contributed by atoms with Crippen molar-refractivity contribution in [1.82, 2.24) is 10.4 Å². The van der Waals surface area contributed by atoms with Crippen molar-refractivity contribution in [2.75, 3.05) is 11.5 Å². The number of carbonyl (C=O) groups is 4. The van der Waals surface area contributed by atoms with Crippen LogP contribution in [0.2, 0.25) is 5.02 Å². The Hall–Kier alpha value is -4.17. The maximum Gasteiger partial charge on any atom is 0.273 e. The normalized spacial score (nSPS) is 15.1. The maximum atomic E-state index is 13.4. The molecule has 1 N–H and O–H groups in total. The molecule has 4 rings (SSSR count). The standard InChI is InChI=1S/C26H22ClN3O5/c1-2-35-19-14-12-18(13-15-19)29-23(31)16-22(26(29)34)30(25(33)17-8-4-3-5-9-17)28-24(32)20-10-6-7-11-21(20)27/h3-15,22H,2,16H2,1H3,(H,28,32). The van der Waals surface area contributed by atoms with Crippen molar-refractivity contribution in [2.45, 2.75) is 19.4 Å². The zero-order valence-electron chi connectivity index (χ0n) is 18.8. The molecular weight excluding hydrogens is 470 g/mol. The highest BCUT2D eigenvalue weighted by atomic mass is 35.5. The summed E-state index contributed by atoms with van der Waals surface area (Å²) < 4.78 is 5.41. The van der Waals surface area contributed by atoms with Gasteiger partial charge in [0.2, 0.25) is 5.91 Å². The molecule has 1 fully saturated rings. The van der Waals surface area contributed by atoms with Gasteiger partial charge in [0.25, 0.3) is 17.7 Å². The number of nitrogens with zero attached hydrogens (tertiary/aromatic N) is 2. The molecule has 35 heavy (non-hydrogen) atoms. The fourth-order valence-corrected chi connectivity index (χ4v) is 3.97. The Morgan fingerprint density at radius 3 is 2.31 bits per heavy atom. The van der Waals surface area contributed by atoms with Crippen LogP contribution in [0.1, 0.15) is 34.1 Å². The smallest absolute Gasteiger partial charge is 0.273 e. The number of hydrogen-bond acceptors (Lipinski definition) is 5. The number of anilines is 1. The third-order valence-corrected chi connectivity index (χ3v) is 5.75. The molecule has 3 aromatic carbocycles. The van der Waals surface area contributed by atoms with Crippen LogP contribution in [0, 0.1) is 0 Å². The first-order chi connectivity index (χ1) is 16.9. The van der Waals surface area contributed by atoms with Crippen LogP contribution in [0.4, 0.5) is 5.69 Å². The van der Waals surface area contributed by atoms with Gasteiger partial charge in [0.1, 0.15) is 11.8 Å². The second-order valence-electron chi connectivity index (χ2n) is 7.68. The van der Waals surface area contributed by atoms with Crippen LogP contribution in [0.3, 0.4) is 0 Å². The molecule has 0 spiro atoms. The molecular formula is C26H22ClN3O5. The lowest BCUT2D eigenvalue weighted by Gasteiger charge is -2.28. The van der Waals surface area contributed by atoms with E-state index < -0.39 is 29.7 Å². The predicted molar refractivity (Wildman–Crippen MR) is 130 cm³/mol. The Labute approximate surface area is 207 Å². The summed E-state index contributed by atoms with van der Waals surface area (Å²) in [4.78, 5) is 53.6. The van der Waals surface area contributed by atoms with E-state index in [1.165, 1.54) is 12.1 Å². The van der Waals surface area contributed by atoms with E-state index in [2.05, 4.69) is 5.43 Å². The lowest BCUT2D eigenvalue weighted by atomic mass is 10.1. The molecule has 9 heteroatoms. The van der Waals surface area contributed by atoms with E-state index in [-0.39, 0.29) is 22.6 Å². The molecule has 1 aliphatic rings. The second-order valence-corrected chi connectivity index (χ2v) is 8.08. The molecule has 0 aliphatic carbocycles. The summed E-state index contributed by atoms with van der Waals surface area (Å²) in [5.74, 6) is -1.85. The van der Waals surface area contributed by atoms with E-state index in [0.29, 0.717) is 18.0 Å². The van der Waals surface area contributed by atoms with E-state index in [0.717, 1.165) is 9.91 Å². The SMILES string of the molecule is CCOc1ccc(N2C(=O)CC(N(NC(=O)c3ccccc3Cl)C(=O)c3ccccc3)C2=O)cc1. The number of rotatable bonds is 6. The lowest BCUT2D eigenvalue weighted by Crippen LogP contribution is -2.54. The molecule has 1 aliphatic heterocycles. The van der Waals surface area contributed by atoms with Crippen LogP contribution in [0.25, 0.3) is 0 Å². The molecule has 1 atom stereocenters. The number of ether oxygens (including phenoxy) is 1. The van der Waals surface area contributed by atoms with Crippen LogP contribution in [-0.4, -0.2) is 41.3 Å². The van der Waals surface area contributed by atoms with Gasteiger partial charge in [-0.25, -0.2) is 9.91 Å². The van der Waals surface area contributed by atoms with Gasteiger partial charge >= 0.3 is 0 Å². The van der Waals surface area contributed by atoms with Crippen LogP contribution in [-0.2, 0) is 9.59 Å². The molecule has 1 heterocycles. The Balaban J connectivity index is 1.65. The summed E-state index contributed by atoms with van der Waals surface area (Å²) in [5.41, 5.74) is 3.21. The van der Waals surface area contributed by atoms with Gasteiger partial charge in [-0.3, -0.25) is 24.6 Å². The van der Waals surface area contributed by atoms with Crippen LogP contribution < -0.4 is 15.1 Å². The van der Waals surface area contributed by atoms with Crippen molar-refractivity contribution < 1.29 is 23.9 Å². The summed E-state index contributed by atoms with van der Waals surface area (Å²) >= 11 is 6.15. The zero-order valence-corrected chi connectivity index (χ0v) is 19.6. The molecule has 0 radical (unpaired) electrons. The Morgan fingerprint density at radius 1 is 1.00 bits per heavy atom. The number of benzene rings is 3. The Bertz CT molecular complexity index is 1260. The summed E-state index contributed by atoms with van der Waals surface area (Å²) in [6.45, 7) is 2.33. The van der Waals surface area contributed by atoms with Gasteiger partial charge in [0, 0.05) is 5.56 Å². The van der Waals surface area contributed by atoms with Crippen molar-refractivity contribution in [1.29, 1.82) is 0 Å². The molecule has 1 saturated heterocycles. The van der Waals surface area contributed by atoms with Gasteiger partial charge in [-0.2, -0.15) is 0 Å². The van der Waals surface area contributed by atoms with E-state index >= 15 is 0 Å². The molecule has 4 amide bonds. The number of hydrazine groups is 1. The van der Waals surface area contributed by atoms with Crippen molar-refractivity contribution >= 4 is 40.9 Å². The van der Waals surface area contributed by atoms with Crippen LogP contribution in [0.15, 0.2) is 78.9 Å². The number of halogens is 1. The quantitative estimate of drug-likeness (QED) is 0.417. The second kappa shape index (κ2) is 10.4. The molecule has 8 nitrogen and oxygen atoms in total. The number of amides is 4. The summed E-state index contributed by atoms with van der Waals surface area (Å²) in [5, 5.41) is 1.09. The minimum absolute atomic E-state index is 0.125. The Morgan fingerprint density at radius 2 is 1.66 bits per heavy atom. The van der Waals surface area contributed by atoms with Crippen molar-refractivity contribution in [3.63, 3.8) is 0 Å². The minimum atomic E-state index is -1.24. The van der Waals surface area contributed by atoms with E-state index in [1.807, 2.05) is 6.92 Å². The zero-order chi connectivity index (χ0) is 24.9. The number of hydrogen-bond donors (Lipinski definition) is 1. The first kappa shape index (κ1) is 24.0. The van der Waals surface area contributed by atoms with Crippen molar-refractivity contribution in [2.24, 2.45) is 0 Å². The monoisotopic (exact) mass is 491 g/mol. The third kappa shape index (κ3) is 5.02. The van der Waals surface area contributed by atoms with Gasteiger partial charge in [-0.1, -0.05) is 41.9 Å². The lowest BCUT2D eigenvalue weighted by molar-refractivity contribution is -0.122. The molecule has 0 aromatic heterocycles. The number of imide groups is 1. The third-order valence-electron chi connectivity index (χ3n) is 5.42. The fourth-order valence-electron chi connectivity index (χ4n) is 3.75. The molecule has 0 bridgehead atoms. The molecule has 178 valence electrons. The highest BCUT2D eigenvalue weighted by Gasteiger charge is 2.45. The predicted octanol–water partition coefficient (Wildman–Crippen LogP) is 3.86. The number of carbonyl (C=O) groups excluding carboxylic acids is 4. The van der Waals surface area contributed by atoms with E-state index in [1.54, 1.807) is 66.7 Å². The Kier molecular flexibility index (Phi) is 7.12. The summed E-state index contributed by atoms with van der Waals surface area (Å²) in [6.07, 6.45) is -0.298. The number of nitrogens with one attached hydrogen (secondary N) is 1. The van der Waals surface area contributed by atoms with Crippen molar-refractivity contribution in [3.8, 4) is 5.75 Å². The largest absolute Gasteiger partial charge is 0.494 e.